The average Bonchev–Trinajstić information content (AvgIpc) is 2.75. The summed E-state index contributed by atoms with van der Waals surface area (Å²) in [4.78, 5) is 0. The van der Waals surface area contributed by atoms with Crippen molar-refractivity contribution in [3.8, 4) is 11.5 Å². The van der Waals surface area contributed by atoms with Gasteiger partial charge in [0.1, 0.15) is 0 Å². The normalized spacial score (nSPS) is 11.8. The van der Waals surface area contributed by atoms with Crippen molar-refractivity contribution in [2.75, 3.05) is 18.8 Å². The van der Waals surface area contributed by atoms with Gasteiger partial charge in [-0.05, 0) is 18.2 Å². The van der Waals surface area contributed by atoms with Gasteiger partial charge in [-0.25, -0.2) is 0 Å². The predicted molar refractivity (Wildman–Crippen MR) is 70.7 cm³/mol. The summed E-state index contributed by atoms with van der Waals surface area (Å²) in [6.07, 6.45) is 0. The largest absolute Gasteiger partial charge is 0.421 e. The molecule has 0 aliphatic rings. The number of benzene rings is 1. The predicted octanol–water partition coefficient (Wildman–Crippen LogP) is 1.26. The Bertz CT molecular complexity index is 679. The molecule has 1 heterocycles. The van der Waals surface area contributed by atoms with Gasteiger partial charge < -0.3 is 4.42 Å². The van der Waals surface area contributed by atoms with Crippen LogP contribution in [0.25, 0.3) is 11.5 Å². The van der Waals surface area contributed by atoms with E-state index in [4.69, 9.17) is 4.42 Å². The Hall–Kier alpha value is -1.93. The molecule has 0 aliphatic heterocycles. The van der Waals surface area contributed by atoms with Gasteiger partial charge in [-0.2, -0.15) is 12.7 Å². The Morgan fingerprint density at radius 3 is 2.58 bits per heavy atom. The third kappa shape index (κ3) is 3.09. The molecular formula is C11H14N4O3S. The summed E-state index contributed by atoms with van der Waals surface area (Å²) in [5.41, 5.74) is 1.08. The SMILES string of the molecule is Cc1nnc(-c2cccc(NS(=O)(=O)N(C)C)c2)o1. The van der Waals surface area contributed by atoms with E-state index in [9.17, 15) is 8.42 Å². The minimum atomic E-state index is -3.53. The Kier molecular flexibility index (Phi) is 3.54. The van der Waals surface area contributed by atoms with Gasteiger partial charge in [0, 0.05) is 26.6 Å². The minimum absolute atomic E-state index is 0.350. The second-order valence-corrected chi connectivity index (χ2v) is 5.98. The molecule has 1 N–H and O–H groups in total. The van der Waals surface area contributed by atoms with Gasteiger partial charge in [0.2, 0.25) is 11.8 Å². The van der Waals surface area contributed by atoms with E-state index in [0.717, 1.165) is 4.31 Å². The van der Waals surface area contributed by atoms with Crippen molar-refractivity contribution >= 4 is 15.9 Å². The highest BCUT2D eigenvalue weighted by Gasteiger charge is 2.14. The molecule has 2 rings (SSSR count). The molecule has 0 aliphatic carbocycles. The van der Waals surface area contributed by atoms with Crippen LogP contribution in [0.15, 0.2) is 28.7 Å². The summed E-state index contributed by atoms with van der Waals surface area (Å²) >= 11 is 0. The van der Waals surface area contributed by atoms with E-state index in [1.54, 1.807) is 31.2 Å². The van der Waals surface area contributed by atoms with Crippen LogP contribution >= 0.6 is 0 Å². The fraction of sp³-hybridized carbons (Fsp3) is 0.273. The molecule has 0 unspecified atom stereocenters. The van der Waals surface area contributed by atoms with Crippen LogP contribution in [-0.2, 0) is 10.2 Å². The van der Waals surface area contributed by atoms with E-state index in [2.05, 4.69) is 14.9 Å². The number of aromatic nitrogens is 2. The van der Waals surface area contributed by atoms with Gasteiger partial charge >= 0.3 is 10.2 Å². The van der Waals surface area contributed by atoms with Crippen LogP contribution in [0.1, 0.15) is 5.89 Å². The molecule has 1 aromatic heterocycles. The molecule has 0 atom stereocenters. The topological polar surface area (TPSA) is 88.3 Å². The second-order valence-electron chi connectivity index (χ2n) is 4.10. The van der Waals surface area contributed by atoms with Crippen LogP contribution in [0, 0.1) is 6.92 Å². The van der Waals surface area contributed by atoms with Crippen LogP contribution in [-0.4, -0.2) is 37.0 Å². The maximum atomic E-state index is 11.7. The first-order valence-corrected chi connectivity index (χ1v) is 6.93. The monoisotopic (exact) mass is 282 g/mol. The Morgan fingerprint density at radius 2 is 2.00 bits per heavy atom. The summed E-state index contributed by atoms with van der Waals surface area (Å²) in [6.45, 7) is 1.69. The molecule has 7 nitrogen and oxygen atoms in total. The lowest BCUT2D eigenvalue weighted by Gasteiger charge is -2.13. The van der Waals surface area contributed by atoms with Gasteiger partial charge in [0.05, 0.1) is 5.69 Å². The number of nitrogens with one attached hydrogen (secondary N) is 1. The van der Waals surface area contributed by atoms with Crippen molar-refractivity contribution in [2.45, 2.75) is 6.92 Å². The van der Waals surface area contributed by atoms with Crippen LogP contribution in [0.4, 0.5) is 5.69 Å². The lowest BCUT2D eigenvalue weighted by atomic mass is 10.2. The summed E-state index contributed by atoms with van der Waals surface area (Å²) < 4.78 is 32.3. The summed E-state index contributed by atoms with van der Waals surface area (Å²) in [5, 5.41) is 7.62. The summed E-state index contributed by atoms with van der Waals surface area (Å²) in [6, 6.07) is 6.75. The lowest BCUT2D eigenvalue weighted by molar-refractivity contribution is 0.526. The molecule has 0 amide bonds. The molecule has 0 radical (unpaired) electrons. The van der Waals surface area contributed by atoms with Crippen LogP contribution < -0.4 is 4.72 Å². The second kappa shape index (κ2) is 4.98. The van der Waals surface area contributed by atoms with Gasteiger partial charge in [0.15, 0.2) is 0 Å². The average molecular weight is 282 g/mol. The maximum Gasteiger partial charge on any atom is 0.301 e. The molecule has 102 valence electrons. The highest BCUT2D eigenvalue weighted by Crippen LogP contribution is 2.22. The van der Waals surface area contributed by atoms with Crippen LogP contribution in [0.2, 0.25) is 0 Å². The van der Waals surface area contributed by atoms with Crippen molar-refractivity contribution in [1.82, 2.24) is 14.5 Å². The van der Waals surface area contributed by atoms with E-state index in [0.29, 0.717) is 23.0 Å². The number of hydrogen-bond donors (Lipinski definition) is 1. The third-order valence-electron chi connectivity index (χ3n) is 2.36. The maximum absolute atomic E-state index is 11.7. The van der Waals surface area contributed by atoms with E-state index in [1.807, 2.05) is 0 Å². The standard InChI is InChI=1S/C11H14N4O3S/c1-8-12-13-11(18-8)9-5-4-6-10(7-9)14-19(16,17)15(2)3/h4-7,14H,1-3H3. The van der Waals surface area contributed by atoms with Gasteiger partial charge in [-0.3, -0.25) is 4.72 Å². The van der Waals surface area contributed by atoms with E-state index in [1.165, 1.54) is 14.1 Å². The van der Waals surface area contributed by atoms with Crippen molar-refractivity contribution in [2.24, 2.45) is 0 Å². The number of aryl methyl sites for hydroxylation is 1. The number of rotatable bonds is 4. The first kappa shape index (κ1) is 13.5. The van der Waals surface area contributed by atoms with Gasteiger partial charge in [0.25, 0.3) is 0 Å². The molecule has 0 saturated carbocycles. The van der Waals surface area contributed by atoms with Gasteiger partial charge in [-0.1, -0.05) is 6.07 Å². The fourth-order valence-corrected chi connectivity index (χ4v) is 1.98. The van der Waals surface area contributed by atoms with Crippen LogP contribution in [0.5, 0.6) is 0 Å². The summed E-state index contributed by atoms with van der Waals surface area (Å²) in [7, 11) is -0.624. The molecule has 2 aromatic rings. The summed E-state index contributed by atoms with van der Waals surface area (Å²) in [5.74, 6) is 0.803. The molecule has 0 fully saturated rings. The highest BCUT2D eigenvalue weighted by molar-refractivity contribution is 7.90. The Morgan fingerprint density at radius 1 is 1.26 bits per heavy atom. The molecule has 0 spiro atoms. The van der Waals surface area contributed by atoms with Crippen molar-refractivity contribution in [3.05, 3.63) is 30.2 Å². The molecule has 1 aromatic carbocycles. The van der Waals surface area contributed by atoms with Crippen LogP contribution in [0.3, 0.4) is 0 Å². The molecule has 0 saturated heterocycles. The molecular weight excluding hydrogens is 268 g/mol. The fourth-order valence-electron chi connectivity index (χ4n) is 1.37. The van der Waals surface area contributed by atoms with Crippen molar-refractivity contribution in [1.29, 1.82) is 0 Å². The zero-order valence-corrected chi connectivity index (χ0v) is 11.6. The van der Waals surface area contributed by atoms with Crippen molar-refractivity contribution in [3.63, 3.8) is 0 Å². The Labute approximate surface area is 111 Å². The highest BCUT2D eigenvalue weighted by atomic mass is 32.2. The molecule has 19 heavy (non-hydrogen) atoms. The third-order valence-corrected chi connectivity index (χ3v) is 3.82. The molecule has 0 bridgehead atoms. The number of hydrogen-bond acceptors (Lipinski definition) is 5. The van der Waals surface area contributed by atoms with E-state index >= 15 is 0 Å². The zero-order chi connectivity index (χ0) is 14.0. The minimum Gasteiger partial charge on any atom is -0.421 e. The van der Waals surface area contributed by atoms with E-state index in [-0.39, 0.29) is 0 Å². The zero-order valence-electron chi connectivity index (χ0n) is 10.8. The van der Waals surface area contributed by atoms with Crippen molar-refractivity contribution < 1.29 is 12.8 Å². The number of anilines is 1. The van der Waals surface area contributed by atoms with Gasteiger partial charge in [-0.15, -0.1) is 10.2 Å². The van der Waals surface area contributed by atoms with E-state index < -0.39 is 10.2 Å². The first-order chi connectivity index (χ1) is 8.88. The molecule has 8 heteroatoms. The Balaban J connectivity index is 2.30. The first-order valence-electron chi connectivity index (χ1n) is 5.49. The smallest absolute Gasteiger partial charge is 0.301 e. The number of nitrogens with zero attached hydrogens (tertiary/aromatic N) is 3. The lowest BCUT2D eigenvalue weighted by Crippen LogP contribution is -2.28. The quantitative estimate of drug-likeness (QED) is 0.912.